The van der Waals surface area contributed by atoms with Crippen LogP contribution < -0.4 is 14.9 Å². The largest absolute Gasteiger partial charge is 0.497 e. The van der Waals surface area contributed by atoms with Crippen molar-refractivity contribution < 1.29 is 23.8 Å². The van der Waals surface area contributed by atoms with Gasteiger partial charge in [-0.2, -0.15) is 5.10 Å². The highest BCUT2D eigenvalue weighted by molar-refractivity contribution is 5.96. The molecule has 1 aromatic heterocycles. The zero-order chi connectivity index (χ0) is 24.0. The third-order valence-corrected chi connectivity index (χ3v) is 5.09. The topological polar surface area (TPSA) is 91.2 Å². The van der Waals surface area contributed by atoms with Crippen molar-refractivity contribution in [3.05, 3.63) is 76.6 Å². The zero-order valence-electron chi connectivity index (χ0n) is 19.3. The van der Waals surface area contributed by atoms with Crippen LogP contribution in [0, 0.1) is 13.8 Å². The predicted octanol–water partition coefficient (Wildman–Crippen LogP) is 4.05. The van der Waals surface area contributed by atoms with E-state index in [0.717, 1.165) is 22.6 Å². The first kappa shape index (κ1) is 23.6. The quantitative estimate of drug-likeness (QED) is 0.318. The van der Waals surface area contributed by atoms with Gasteiger partial charge in [-0.25, -0.2) is 10.2 Å². The maximum absolute atomic E-state index is 12.5. The molecule has 2 aromatic carbocycles. The van der Waals surface area contributed by atoms with Crippen LogP contribution in [0.3, 0.4) is 0 Å². The fraction of sp³-hybridized carbons (Fsp3) is 0.240. The summed E-state index contributed by atoms with van der Waals surface area (Å²) >= 11 is 0. The number of aromatic nitrogens is 1. The van der Waals surface area contributed by atoms with Gasteiger partial charge in [-0.3, -0.25) is 4.79 Å². The van der Waals surface area contributed by atoms with E-state index in [2.05, 4.69) is 10.5 Å². The highest BCUT2D eigenvalue weighted by Gasteiger charge is 2.17. The van der Waals surface area contributed by atoms with Crippen LogP contribution in [-0.4, -0.2) is 43.5 Å². The molecule has 0 saturated heterocycles. The molecule has 0 radical (unpaired) electrons. The van der Waals surface area contributed by atoms with E-state index < -0.39 is 5.91 Å². The molecule has 0 aliphatic rings. The van der Waals surface area contributed by atoms with E-state index in [0.29, 0.717) is 29.2 Å². The van der Waals surface area contributed by atoms with E-state index in [4.69, 9.17) is 14.2 Å². The summed E-state index contributed by atoms with van der Waals surface area (Å²) in [5.74, 6) is 0.237. The molecule has 0 atom stereocenters. The fourth-order valence-corrected chi connectivity index (χ4v) is 3.50. The number of benzene rings is 2. The van der Waals surface area contributed by atoms with Gasteiger partial charge in [-0.05, 0) is 51.1 Å². The molecule has 0 bridgehead atoms. The average Bonchev–Trinajstić information content (AvgIpc) is 3.11. The number of esters is 1. The van der Waals surface area contributed by atoms with Gasteiger partial charge in [0.15, 0.2) is 0 Å². The molecule has 1 amide bonds. The summed E-state index contributed by atoms with van der Waals surface area (Å²) in [6, 6.07) is 14.1. The van der Waals surface area contributed by atoms with Gasteiger partial charge >= 0.3 is 5.97 Å². The SMILES string of the molecule is CCOC(=O)c1ccccc1-n1c(C)cc(/C=N\NC(=O)c2cc(OC)cc(OC)c2)c1C. The molecule has 3 aromatic rings. The molecular formula is C25H27N3O5. The van der Waals surface area contributed by atoms with E-state index in [1.807, 2.05) is 36.6 Å². The maximum atomic E-state index is 12.5. The number of nitrogens with zero attached hydrogens (tertiary/aromatic N) is 2. The molecule has 0 aliphatic carbocycles. The second kappa shape index (κ2) is 10.5. The predicted molar refractivity (Wildman–Crippen MR) is 126 cm³/mol. The van der Waals surface area contributed by atoms with Gasteiger partial charge in [-0.1, -0.05) is 12.1 Å². The smallest absolute Gasteiger partial charge is 0.340 e. The second-order valence-corrected chi connectivity index (χ2v) is 7.20. The average molecular weight is 450 g/mol. The molecule has 8 heteroatoms. The van der Waals surface area contributed by atoms with Crippen molar-refractivity contribution in [2.75, 3.05) is 20.8 Å². The Morgan fingerprint density at radius 2 is 1.70 bits per heavy atom. The Balaban J connectivity index is 1.85. The Morgan fingerprint density at radius 1 is 1.03 bits per heavy atom. The van der Waals surface area contributed by atoms with Gasteiger partial charge in [0, 0.05) is 28.6 Å². The number of nitrogens with one attached hydrogen (secondary N) is 1. The van der Waals surface area contributed by atoms with Crippen molar-refractivity contribution in [2.45, 2.75) is 20.8 Å². The van der Waals surface area contributed by atoms with Crippen LogP contribution in [0.4, 0.5) is 0 Å². The molecule has 0 fully saturated rings. The first-order valence-electron chi connectivity index (χ1n) is 10.4. The van der Waals surface area contributed by atoms with Crippen LogP contribution in [0.1, 0.15) is 44.6 Å². The lowest BCUT2D eigenvalue weighted by molar-refractivity contribution is 0.0526. The van der Waals surface area contributed by atoms with E-state index in [9.17, 15) is 9.59 Å². The van der Waals surface area contributed by atoms with E-state index in [1.54, 1.807) is 43.5 Å². The fourth-order valence-electron chi connectivity index (χ4n) is 3.50. The second-order valence-electron chi connectivity index (χ2n) is 7.20. The van der Waals surface area contributed by atoms with Crippen LogP contribution in [0.15, 0.2) is 53.6 Å². The number of hydrogen-bond donors (Lipinski definition) is 1. The molecular weight excluding hydrogens is 422 g/mol. The standard InChI is InChI=1S/C25H27N3O5/c1-6-33-25(30)22-9-7-8-10-23(22)28-16(2)11-19(17(28)3)15-26-27-24(29)18-12-20(31-4)14-21(13-18)32-5/h7-15H,6H2,1-5H3,(H,27,29)/b26-15-. The maximum Gasteiger partial charge on any atom is 0.340 e. The van der Waals surface area contributed by atoms with Crippen molar-refractivity contribution >= 4 is 18.1 Å². The Bertz CT molecular complexity index is 1170. The number of hydrogen-bond acceptors (Lipinski definition) is 6. The zero-order valence-corrected chi connectivity index (χ0v) is 19.3. The molecule has 172 valence electrons. The van der Waals surface area contributed by atoms with Crippen LogP contribution in [0.25, 0.3) is 5.69 Å². The van der Waals surface area contributed by atoms with Crippen molar-refractivity contribution in [1.82, 2.24) is 9.99 Å². The molecule has 1 N–H and O–H groups in total. The number of carbonyl (C=O) groups excluding carboxylic acids is 2. The third-order valence-electron chi connectivity index (χ3n) is 5.09. The van der Waals surface area contributed by atoms with E-state index >= 15 is 0 Å². The first-order chi connectivity index (χ1) is 15.9. The summed E-state index contributed by atoms with van der Waals surface area (Å²) in [5.41, 5.74) is 6.66. The van der Waals surface area contributed by atoms with Crippen molar-refractivity contribution in [1.29, 1.82) is 0 Å². The molecule has 8 nitrogen and oxygen atoms in total. The summed E-state index contributed by atoms with van der Waals surface area (Å²) < 4.78 is 17.6. The Hall–Kier alpha value is -4.07. The van der Waals surface area contributed by atoms with E-state index in [1.165, 1.54) is 14.2 Å². The Morgan fingerprint density at radius 3 is 2.33 bits per heavy atom. The molecule has 3 rings (SSSR count). The number of rotatable bonds is 8. The number of carbonyl (C=O) groups is 2. The highest BCUT2D eigenvalue weighted by atomic mass is 16.5. The number of amides is 1. The number of methoxy groups -OCH3 is 2. The lowest BCUT2D eigenvalue weighted by atomic mass is 10.1. The summed E-state index contributed by atoms with van der Waals surface area (Å²) in [5, 5.41) is 4.11. The number of ether oxygens (including phenoxy) is 3. The minimum absolute atomic E-state index is 0.299. The van der Waals surface area contributed by atoms with Crippen LogP contribution >= 0.6 is 0 Å². The van der Waals surface area contributed by atoms with Gasteiger partial charge in [0.2, 0.25) is 0 Å². The number of aryl methyl sites for hydroxylation is 1. The summed E-state index contributed by atoms with van der Waals surface area (Å²) in [7, 11) is 3.04. The van der Waals surface area contributed by atoms with Gasteiger partial charge in [0.25, 0.3) is 5.91 Å². The number of hydrazone groups is 1. The van der Waals surface area contributed by atoms with Crippen molar-refractivity contribution in [2.24, 2.45) is 5.10 Å². The minimum Gasteiger partial charge on any atom is -0.497 e. The Kier molecular flexibility index (Phi) is 7.50. The van der Waals surface area contributed by atoms with Gasteiger partial charge in [-0.15, -0.1) is 0 Å². The van der Waals surface area contributed by atoms with Crippen LogP contribution in [-0.2, 0) is 4.74 Å². The monoisotopic (exact) mass is 449 g/mol. The highest BCUT2D eigenvalue weighted by Crippen LogP contribution is 2.24. The lowest BCUT2D eigenvalue weighted by Gasteiger charge is -2.14. The van der Waals surface area contributed by atoms with Crippen LogP contribution in [0.2, 0.25) is 0 Å². The van der Waals surface area contributed by atoms with Gasteiger partial charge < -0.3 is 18.8 Å². The molecule has 1 heterocycles. The molecule has 0 saturated carbocycles. The molecule has 0 spiro atoms. The molecule has 0 unspecified atom stereocenters. The van der Waals surface area contributed by atoms with Crippen molar-refractivity contribution in [3.63, 3.8) is 0 Å². The first-order valence-corrected chi connectivity index (χ1v) is 10.4. The third kappa shape index (κ3) is 5.23. The number of para-hydroxylation sites is 1. The molecule has 0 aliphatic heterocycles. The lowest BCUT2D eigenvalue weighted by Crippen LogP contribution is -2.17. The summed E-state index contributed by atoms with van der Waals surface area (Å²) in [6.07, 6.45) is 1.57. The Labute approximate surface area is 192 Å². The minimum atomic E-state index is -0.398. The molecule has 33 heavy (non-hydrogen) atoms. The van der Waals surface area contributed by atoms with Gasteiger partial charge in [0.05, 0.1) is 38.3 Å². The van der Waals surface area contributed by atoms with Crippen LogP contribution in [0.5, 0.6) is 11.5 Å². The normalized spacial score (nSPS) is 10.8. The van der Waals surface area contributed by atoms with Crippen molar-refractivity contribution in [3.8, 4) is 17.2 Å². The summed E-state index contributed by atoms with van der Waals surface area (Å²) in [6.45, 7) is 5.93. The summed E-state index contributed by atoms with van der Waals surface area (Å²) in [4.78, 5) is 25.0. The van der Waals surface area contributed by atoms with Gasteiger partial charge in [0.1, 0.15) is 11.5 Å². The van der Waals surface area contributed by atoms with E-state index in [-0.39, 0.29) is 5.97 Å².